The number of nitro groups is 1. The number of hydrogen-bond donors (Lipinski definition) is 1. The lowest BCUT2D eigenvalue weighted by Gasteiger charge is -2.15. The lowest BCUT2D eigenvalue weighted by atomic mass is 9.91. The molecule has 1 atom stereocenters. The van der Waals surface area contributed by atoms with Gasteiger partial charge in [-0.25, -0.2) is 4.98 Å². The van der Waals surface area contributed by atoms with E-state index in [1.165, 1.54) is 6.07 Å². The summed E-state index contributed by atoms with van der Waals surface area (Å²) in [4.78, 5) is 15.8. The van der Waals surface area contributed by atoms with Crippen LogP contribution < -0.4 is 6.15 Å². The molecule has 156 valence electrons. The molecule has 0 aliphatic rings. The normalized spacial score (nSPS) is 11.3. The monoisotopic (exact) mass is 429 g/mol. The van der Waals surface area contributed by atoms with E-state index in [0.29, 0.717) is 6.42 Å². The molecule has 0 saturated carbocycles. The summed E-state index contributed by atoms with van der Waals surface area (Å²) in [5, 5.41) is 12.3. The van der Waals surface area contributed by atoms with E-state index < -0.39 is 0 Å². The summed E-state index contributed by atoms with van der Waals surface area (Å²) in [7, 11) is 0. The van der Waals surface area contributed by atoms with Crippen LogP contribution in [0.1, 0.15) is 41.0 Å². The predicted octanol–water partition coefficient (Wildman–Crippen LogP) is 6.50. The number of thiazole rings is 1. The topological polar surface area (TPSA) is 91.0 Å². The highest BCUT2D eigenvalue weighted by Gasteiger charge is 2.21. The van der Waals surface area contributed by atoms with E-state index in [4.69, 9.17) is 4.98 Å². The van der Waals surface area contributed by atoms with E-state index in [9.17, 15) is 10.1 Å². The highest BCUT2D eigenvalue weighted by Crippen LogP contribution is 2.35. The lowest BCUT2D eigenvalue weighted by Crippen LogP contribution is -2.06. The van der Waals surface area contributed by atoms with E-state index in [1.807, 2.05) is 43.3 Å². The van der Waals surface area contributed by atoms with Crippen molar-refractivity contribution in [2.75, 3.05) is 0 Å². The van der Waals surface area contributed by atoms with Gasteiger partial charge in [0.15, 0.2) is 0 Å². The van der Waals surface area contributed by atoms with Gasteiger partial charge in [0.2, 0.25) is 0 Å². The maximum atomic E-state index is 11.3. The van der Waals surface area contributed by atoms with Crippen molar-refractivity contribution in [3.63, 3.8) is 0 Å². The number of nitro benzene ring substituents is 1. The van der Waals surface area contributed by atoms with Crippen LogP contribution in [0.2, 0.25) is 0 Å². The van der Waals surface area contributed by atoms with E-state index in [1.54, 1.807) is 23.5 Å². The Kier molecular flexibility index (Phi) is 7.14. The maximum absolute atomic E-state index is 11.3. The van der Waals surface area contributed by atoms with Crippen molar-refractivity contribution in [2.24, 2.45) is 0 Å². The smallest absolute Gasteiger partial charge is 0.269 e. The third kappa shape index (κ3) is 5.15. The molecule has 0 spiro atoms. The third-order valence-corrected chi connectivity index (χ3v) is 6.02. The summed E-state index contributed by atoms with van der Waals surface area (Å²) in [6, 6.07) is 23.1. The van der Waals surface area contributed by atoms with Crippen LogP contribution in [0, 0.1) is 22.0 Å². The zero-order valence-corrected chi connectivity index (χ0v) is 18.1. The van der Waals surface area contributed by atoms with Crippen LogP contribution in [-0.4, -0.2) is 9.91 Å². The molecule has 4 aromatic rings. The first kappa shape index (κ1) is 22.2. The molecule has 3 N–H and O–H groups in total. The van der Waals surface area contributed by atoms with Gasteiger partial charge in [-0.2, -0.15) is 0 Å². The Labute approximate surface area is 185 Å². The van der Waals surface area contributed by atoms with Gasteiger partial charge in [-0.3, -0.25) is 10.1 Å². The van der Waals surface area contributed by atoms with Crippen LogP contribution in [0.25, 0.3) is 10.2 Å². The summed E-state index contributed by atoms with van der Waals surface area (Å²) >= 11 is 1.64. The zero-order valence-electron chi connectivity index (χ0n) is 17.2. The third-order valence-electron chi connectivity index (χ3n) is 4.87. The second kappa shape index (κ2) is 9.98. The molecule has 4 rings (SSSR count). The van der Waals surface area contributed by atoms with Gasteiger partial charge in [0.25, 0.3) is 5.69 Å². The Hall–Kier alpha value is -3.53. The molecular weight excluding hydrogens is 406 g/mol. The molecule has 5 nitrogen and oxygen atoms in total. The predicted molar refractivity (Wildman–Crippen MR) is 127 cm³/mol. The molecule has 0 saturated heterocycles. The number of hydrogen-bond acceptors (Lipinski definition) is 5. The molecule has 0 aliphatic carbocycles. The highest BCUT2D eigenvalue weighted by molar-refractivity contribution is 7.18. The van der Waals surface area contributed by atoms with Crippen LogP contribution in [0.15, 0.2) is 72.8 Å². The van der Waals surface area contributed by atoms with Crippen molar-refractivity contribution in [2.45, 2.75) is 25.7 Å². The quantitative estimate of drug-likeness (QED) is 0.223. The molecule has 0 aliphatic heterocycles. The number of nitrogens with zero attached hydrogens (tertiary/aromatic N) is 2. The summed E-state index contributed by atoms with van der Waals surface area (Å²) in [6.45, 7) is 2.03. The number of rotatable bonds is 5. The van der Waals surface area contributed by atoms with Crippen molar-refractivity contribution >= 4 is 27.2 Å². The summed E-state index contributed by atoms with van der Waals surface area (Å²) in [6.07, 6.45) is 1.51. The Morgan fingerprint density at radius 1 is 1.06 bits per heavy atom. The first-order chi connectivity index (χ1) is 14.6. The first-order valence-corrected chi connectivity index (χ1v) is 10.6. The van der Waals surface area contributed by atoms with Crippen LogP contribution in [0.4, 0.5) is 5.69 Å². The summed E-state index contributed by atoms with van der Waals surface area (Å²) in [5.41, 5.74) is 4.06. The first-order valence-electron chi connectivity index (χ1n) is 9.81. The summed E-state index contributed by atoms with van der Waals surface area (Å²) in [5.74, 6) is 6.22. The largest absolute Gasteiger partial charge is 0.344 e. The van der Waals surface area contributed by atoms with Crippen molar-refractivity contribution in [3.8, 4) is 11.8 Å². The Morgan fingerprint density at radius 3 is 2.65 bits per heavy atom. The minimum atomic E-state index is -0.347. The molecule has 0 bridgehead atoms. The second-order valence-electron chi connectivity index (χ2n) is 6.98. The molecule has 6 heteroatoms. The lowest BCUT2D eigenvalue weighted by molar-refractivity contribution is -0.384. The van der Waals surface area contributed by atoms with Crippen molar-refractivity contribution in [3.05, 3.63) is 105 Å². The van der Waals surface area contributed by atoms with Crippen molar-refractivity contribution in [1.29, 1.82) is 0 Å². The minimum Gasteiger partial charge on any atom is -0.344 e. The number of aromatic nitrogens is 1. The fourth-order valence-corrected chi connectivity index (χ4v) is 4.54. The number of para-hydroxylation sites is 1. The Morgan fingerprint density at radius 2 is 1.87 bits per heavy atom. The molecular formula is C25H23N3O2S. The standard InChI is InChI=1S/C25H20N2O2S.H3N/c1-2-3-8-18-9-6-10-19(15-18)16-22(20-11-7-12-21(17-20)27(28)29)25-26-23-13-4-5-14-24(23)30-25;/h4-7,9-15,17,22H,2,16H2,1H3;1H3. The van der Waals surface area contributed by atoms with Crippen LogP contribution in [0.3, 0.4) is 0 Å². The van der Waals surface area contributed by atoms with E-state index in [0.717, 1.165) is 38.3 Å². The van der Waals surface area contributed by atoms with Gasteiger partial charge >= 0.3 is 0 Å². The highest BCUT2D eigenvalue weighted by atomic mass is 32.1. The van der Waals surface area contributed by atoms with E-state index in [2.05, 4.69) is 30.0 Å². The molecule has 3 aromatic carbocycles. The summed E-state index contributed by atoms with van der Waals surface area (Å²) < 4.78 is 1.12. The molecule has 1 aromatic heterocycles. The van der Waals surface area contributed by atoms with Gasteiger partial charge in [-0.15, -0.1) is 11.3 Å². The van der Waals surface area contributed by atoms with Gasteiger partial charge in [0.1, 0.15) is 5.01 Å². The Balaban J connectivity index is 0.00000272. The van der Waals surface area contributed by atoms with Crippen molar-refractivity contribution in [1.82, 2.24) is 11.1 Å². The molecule has 0 radical (unpaired) electrons. The average molecular weight is 430 g/mol. The SMILES string of the molecule is CCC#Cc1cccc(CC(c2cccc([N+](=O)[O-])c2)c2nc3ccccc3s2)c1.N. The van der Waals surface area contributed by atoms with Gasteiger partial charge < -0.3 is 6.15 Å². The van der Waals surface area contributed by atoms with Crippen LogP contribution in [-0.2, 0) is 6.42 Å². The maximum Gasteiger partial charge on any atom is 0.269 e. The van der Waals surface area contributed by atoms with Gasteiger partial charge in [-0.1, -0.05) is 55.2 Å². The van der Waals surface area contributed by atoms with E-state index in [-0.39, 0.29) is 22.7 Å². The molecule has 31 heavy (non-hydrogen) atoms. The van der Waals surface area contributed by atoms with Crippen LogP contribution >= 0.6 is 11.3 Å². The average Bonchev–Trinajstić information content (AvgIpc) is 3.20. The zero-order chi connectivity index (χ0) is 20.9. The van der Waals surface area contributed by atoms with Gasteiger partial charge in [-0.05, 0) is 41.8 Å². The minimum absolute atomic E-state index is 0. The number of benzene rings is 3. The molecule has 1 unspecified atom stereocenters. The van der Waals surface area contributed by atoms with E-state index >= 15 is 0 Å². The van der Waals surface area contributed by atoms with Crippen molar-refractivity contribution < 1.29 is 4.92 Å². The number of fused-ring (bicyclic) bond motifs is 1. The second-order valence-corrected chi connectivity index (χ2v) is 8.05. The fourth-order valence-electron chi connectivity index (χ4n) is 3.44. The molecule has 0 fully saturated rings. The van der Waals surface area contributed by atoms with Gasteiger partial charge in [0, 0.05) is 30.0 Å². The number of non-ortho nitro benzene ring substituents is 1. The molecule has 1 heterocycles. The molecule has 0 amide bonds. The fraction of sp³-hybridized carbons (Fsp3) is 0.160. The van der Waals surface area contributed by atoms with Gasteiger partial charge in [0.05, 0.1) is 15.1 Å². The Bertz CT molecular complexity index is 1240. The van der Waals surface area contributed by atoms with Crippen LogP contribution in [0.5, 0.6) is 0 Å².